The number of carbonyl (C=O) groups is 2. The minimum absolute atomic E-state index is 0.0224. The zero-order valence-electron chi connectivity index (χ0n) is 9.49. The molecule has 0 radical (unpaired) electrons. The van der Waals surface area contributed by atoms with Crippen molar-refractivity contribution in [3.63, 3.8) is 0 Å². The van der Waals surface area contributed by atoms with Gasteiger partial charge in [-0.1, -0.05) is 0 Å². The van der Waals surface area contributed by atoms with Gasteiger partial charge in [0, 0.05) is 12.8 Å². The molecule has 2 unspecified atom stereocenters. The molecule has 2 aliphatic heterocycles. The Morgan fingerprint density at radius 3 is 2.75 bits per heavy atom. The van der Waals surface area contributed by atoms with Crippen LogP contribution >= 0.6 is 0 Å². The van der Waals surface area contributed by atoms with Gasteiger partial charge in [-0.3, -0.25) is 9.59 Å². The zero-order chi connectivity index (χ0) is 12.0. The van der Waals surface area contributed by atoms with E-state index in [-0.39, 0.29) is 6.42 Å². The summed E-state index contributed by atoms with van der Waals surface area (Å²) in [5.41, 5.74) is -1.29. The molecular formula is C11H16O5. The van der Waals surface area contributed by atoms with Crippen LogP contribution in [0.15, 0.2) is 0 Å². The van der Waals surface area contributed by atoms with Gasteiger partial charge >= 0.3 is 11.9 Å². The summed E-state index contributed by atoms with van der Waals surface area (Å²) in [6.45, 7) is 4.21. The molecule has 2 atom stereocenters. The maximum atomic E-state index is 11.3. The molecular weight excluding hydrogens is 212 g/mol. The standard InChI is InChI=1S/C11H16O5/c1-10(2)6-11(3-4-15-10)7(9(13)14)5-8(12)16-11/h7H,3-6H2,1-2H3,(H,13,14). The summed E-state index contributed by atoms with van der Waals surface area (Å²) in [4.78, 5) is 22.5. The summed E-state index contributed by atoms with van der Waals surface area (Å²) in [5.74, 6) is -2.10. The van der Waals surface area contributed by atoms with E-state index in [4.69, 9.17) is 14.6 Å². The highest BCUT2D eigenvalue weighted by atomic mass is 16.6. The third kappa shape index (κ3) is 1.80. The average molecular weight is 228 g/mol. The van der Waals surface area contributed by atoms with Crippen LogP contribution in [0.5, 0.6) is 0 Å². The van der Waals surface area contributed by atoms with Crippen LogP contribution in [-0.4, -0.2) is 34.9 Å². The van der Waals surface area contributed by atoms with Crippen molar-refractivity contribution in [2.24, 2.45) is 5.92 Å². The molecule has 5 nitrogen and oxygen atoms in total. The molecule has 0 aromatic heterocycles. The number of rotatable bonds is 1. The fraction of sp³-hybridized carbons (Fsp3) is 0.818. The van der Waals surface area contributed by atoms with E-state index < -0.39 is 29.1 Å². The molecule has 2 aliphatic rings. The molecule has 1 spiro atoms. The molecule has 2 saturated heterocycles. The Labute approximate surface area is 93.7 Å². The van der Waals surface area contributed by atoms with E-state index in [0.717, 1.165) is 0 Å². The second kappa shape index (κ2) is 3.45. The Bertz CT molecular complexity index is 335. The minimum Gasteiger partial charge on any atom is -0.481 e. The van der Waals surface area contributed by atoms with Crippen molar-refractivity contribution >= 4 is 11.9 Å². The lowest BCUT2D eigenvalue weighted by molar-refractivity contribution is -0.183. The van der Waals surface area contributed by atoms with Gasteiger partial charge in [-0.25, -0.2) is 0 Å². The lowest BCUT2D eigenvalue weighted by atomic mass is 9.75. The summed E-state index contributed by atoms with van der Waals surface area (Å²) >= 11 is 0. The molecule has 0 amide bonds. The van der Waals surface area contributed by atoms with Crippen molar-refractivity contribution in [3.05, 3.63) is 0 Å². The van der Waals surface area contributed by atoms with Gasteiger partial charge in [0.2, 0.25) is 0 Å². The summed E-state index contributed by atoms with van der Waals surface area (Å²) in [6.07, 6.45) is 0.896. The monoisotopic (exact) mass is 228 g/mol. The second-order valence-corrected chi connectivity index (χ2v) is 5.17. The topological polar surface area (TPSA) is 72.8 Å². The van der Waals surface area contributed by atoms with E-state index >= 15 is 0 Å². The molecule has 0 saturated carbocycles. The Hall–Kier alpha value is -1.10. The molecule has 1 N–H and O–H groups in total. The van der Waals surface area contributed by atoms with Gasteiger partial charge in [-0.2, -0.15) is 0 Å². The number of carboxylic acids is 1. The van der Waals surface area contributed by atoms with E-state index in [1.807, 2.05) is 13.8 Å². The van der Waals surface area contributed by atoms with Gasteiger partial charge in [0.1, 0.15) is 11.5 Å². The number of esters is 1. The van der Waals surface area contributed by atoms with Crippen LogP contribution in [0.3, 0.4) is 0 Å². The van der Waals surface area contributed by atoms with Crippen LogP contribution in [0.25, 0.3) is 0 Å². The van der Waals surface area contributed by atoms with E-state index in [0.29, 0.717) is 19.4 Å². The van der Waals surface area contributed by atoms with Crippen LogP contribution in [0.1, 0.15) is 33.1 Å². The first-order valence-electron chi connectivity index (χ1n) is 5.43. The first kappa shape index (κ1) is 11.4. The van der Waals surface area contributed by atoms with Crippen LogP contribution in [0, 0.1) is 5.92 Å². The number of ether oxygens (including phenoxy) is 2. The molecule has 2 fully saturated rings. The normalized spacial score (nSPS) is 37.4. The summed E-state index contributed by atoms with van der Waals surface area (Å²) in [6, 6.07) is 0. The van der Waals surface area contributed by atoms with E-state index in [1.165, 1.54) is 0 Å². The van der Waals surface area contributed by atoms with Gasteiger partial charge in [0.05, 0.1) is 18.6 Å². The SMILES string of the molecule is CC1(C)CC2(CCO1)OC(=O)CC2C(=O)O. The lowest BCUT2D eigenvalue weighted by Gasteiger charge is -2.43. The molecule has 2 heterocycles. The summed E-state index contributed by atoms with van der Waals surface area (Å²) < 4.78 is 10.8. The summed E-state index contributed by atoms with van der Waals surface area (Å²) in [7, 11) is 0. The van der Waals surface area contributed by atoms with Crippen molar-refractivity contribution in [3.8, 4) is 0 Å². The first-order chi connectivity index (χ1) is 7.35. The van der Waals surface area contributed by atoms with Crippen LogP contribution < -0.4 is 0 Å². The molecule has 16 heavy (non-hydrogen) atoms. The molecule has 0 aromatic carbocycles. The summed E-state index contributed by atoms with van der Waals surface area (Å²) in [5, 5.41) is 9.15. The highest BCUT2D eigenvalue weighted by molar-refractivity contribution is 5.83. The van der Waals surface area contributed by atoms with Crippen molar-refractivity contribution in [1.29, 1.82) is 0 Å². The predicted molar refractivity (Wildman–Crippen MR) is 53.8 cm³/mol. The fourth-order valence-corrected chi connectivity index (χ4v) is 2.75. The minimum atomic E-state index is -0.955. The van der Waals surface area contributed by atoms with Crippen molar-refractivity contribution in [2.75, 3.05) is 6.61 Å². The maximum absolute atomic E-state index is 11.3. The number of hydrogen-bond donors (Lipinski definition) is 1. The van der Waals surface area contributed by atoms with Crippen molar-refractivity contribution in [1.82, 2.24) is 0 Å². The molecule has 5 heteroatoms. The number of carbonyl (C=O) groups excluding carboxylic acids is 1. The molecule has 0 aliphatic carbocycles. The molecule has 2 rings (SSSR count). The van der Waals surface area contributed by atoms with Crippen molar-refractivity contribution in [2.45, 2.75) is 44.3 Å². The Morgan fingerprint density at radius 1 is 1.50 bits per heavy atom. The quantitative estimate of drug-likeness (QED) is 0.677. The van der Waals surface area contributed by atoms with E-state index in [1.54, 1.807) is 0 Å². The fourth-order valence-electron chi connectivity index (χ4n) is 2.75. The third-order valence-electron chi connectivity index (χ3n) is 3.36. The number of hydrogen-bond acceptors (Lipinski definition) is 4. The zero-order valence-corrected chi connectivity index (χ0v) is 9.49. The largest absolute Gasteiger partial charge is 0.481 e. The van der Waals surface area contributed by atoms with Crippen LogP contribution in [-0.2, 0) is 19.1 Å². The smallest absolute Gasteiger partial charge is 0.311 e. The number of carboxylic acid groups (broad SMARTS) is 1. The van der Waals surface area contributed by atoms with Crippen LogP contribution in [0.2, 0.25) is 0 Å². The first-order valence-corrected chi connectivity index (χ1v) is 5.43. The van der Waals surface area contributed by atoms with Gasteiger partial charge in [0.25, 0.3) is 0 Å². The maximum Gasteiger partial charge on any atom is 0.311 e. The van der Waals surface area contributed by atoms with E-state index in [9.17, 15) is 9.59 Å². The Morgan fingerprint density at radius 2 is 2.19 bits per heavy atom. The van der Waals surface area contributed by atoms with Crippen LogP contribution in [0.4, 0.5) is 0 Å². The molecule has 0 bridgehead atoms. The number of aliphatic carboxylic acids is 1. The lowest BCUT2D eigenvalue weighted by Crippen LogP contribution is -2.51. The Kier molecular flexibility index (Phi) is 2.45. The highest BCUT2D eigenvalue weighted by Gasteiger charge is 2.56. The average Bonchev–Trinajstić information content (AvgIpc) is 2.40. The van der Waals surface area contributed by atoms with Gasteiger partial charge < -0.3 is 14.6 Å². The van der Waals surface area contributed by atoms with Gasteiger partial charge in [-0.05, 0) is 13.8 Å². The van der Waals surface area contributed by atoms with Crippen molar-refractivity contribution < 1.29 is 24.2 Å². The Balaban J connectivity index is 2.28. The molecule has 0 aromatic rings. The molecule has 90 valence electrons. The van der Waals surface area contributed by atoms with Gasteiger partial charge in [-0.15, -0.1) is 0 Å². The third-order valence-corrected chi connectivity index (χ3v) is 3.36. The van der Waals surface area contributed by atoms with Gasteiger partial charge in [0.15, 0.2) is 0 Å². The highest BCUT2D eigenvalue weighted by Crippen LogP contribution is 2.45. The second-order valence-electron chi connectivity index (χ2n) is 5.17. The predicted octanol–water partition coefficient (Wildman–Crippen LogP) is 0.962. The van der Waals surface area contributed by atoms with E-state index in [2.05, 4.69) is 0 Å².